The predicted octanol–water partition coefficient (Wildman–Crippen LogP) is 3.02. The maximum Gasteiger partial charge on any atom is 0.335 e. The lowest BCUT2D eigenvalue weighted by molar-refractivity contribution is -0.179. The minimum Gasteiger partial charge on any atom is -0.479 e. The molecule has 2 fully saturated rings. The first-order chi connectivity index (χ1) is 9.60. The lowest BCUT2D eigenvalue weighted by atomic mass is 10.0. The molecule has 1 aromatic rings. The average Bonchev–Trinajstić information content (AvgIpc) is 3.01. The smallest absolute Gasteiger partial charge is 0.335 e. The highest BCUT2D eigenvalue weighted by molar-refractivity contribution is 6.31. The van der Waals surface area contributed by atoms with Gasteiger partial charge in [0.25, 0.3) is 0 Å². The van der Waals surface area contributed by atoms with E-state index in [4.69, 9.17) is 21.1 Å². The molecule has 1 heterocycles. The predicted molar refractivity (Wildman–Crippen MR) is 73.7 cm³/mol. The molecule has 4 nitrogen and oxygen atoms in total. The third-order valence-electron chi connectivity index (χ3n) is 4.03. The fraction of sp³-hybridized carbons (Fsp3) is 0.533. The van der Waals surface area contributed by atoms with Gasteiger partial charge in [-0.05, 0) is 24.5 Å². The van der Waals surface area contributed by atoms with Gasteiger partial charge in [0.05, 0.1) is 0 Å². The number of carboxylic acid groups (broad SMARTS) is 1. The molecule has 1 saturated carbocycles. The van der Waals surface area contributed by atoms with Gasteiger partial charge in [-0.25, -0.2) is 4.79 Å². The number of carbonyl (C=O) groups is 1. The summed E-state index contributed by atoms with van der Waals surface area (Å²) in [5, 5.41) is 9.97. The van der Waals surface area contributed by atoms with Crippen LogP contribution in [0.3, 0.4) is 0 Å². The molecule has 1 aliphatic carbocycles. The van der Waals surface area contributed by atoms with Gasteiger partial charge >= 0.3 is 5.97 Å². The monoisotopic (exact) mass is 296 g/mol. The van der Waals surface area contributed by atoms with Crippen molar-refractivity contribution in [3.8, 4) is 0 Å². The molecule has 2 atom stereocenters. The third-order valence-corrected chi connectivity index (χ3v) is 4.40. The average molecular weight is 297 g/mol. The summed E-state index contributed by atoms with van der Waals surface area (Å²) >= 11 is 6.14. The maximum absolute atomic E-state index is 11.4. The first kappa shape index (κ1) is 13.9. The molecule has 1 saturated heterocycles. The van der Waals surface area contributed by atoms with Gasteiger partial charge in [-0.15, -0.1) is 0 Å². The van der Waals surface area contributed by atoms with Crippen molar-refractivity contribution >= 4 is 17.6 Å². The van der Waals surface area contributed by atoms with E-state index in [1.807, 2.05) is 18.2 Å². The van der Waals surface area contributed by atoms with E-state index in [2.05, 4.69) is 0 Å². The Balaban J connectivity index is 1.80. The van der Waals surface area contributed by atoms with E-state index in [-0.39, 0.29) is 0 Å². The Bertz CT molecular complexity index is 510. The largest absolute Gasteiger partial charge is 0.479 e. The summed E-state index contributed by atoms with van der Waals surface area (Å²) in [5.41, 5.74) is 0.893. The van der Waals surface area contributed by atoms with Crippen LogP contribution >= 0.6 is 11.6 Å². The molecule has 0 radical (unpaired) electrons. The van der Waals surface area contributed by atoms with Crippen molar-refractivity contribution in [2.45, 2.75) is 50.1 Å². The second-order valence-corrected chi connectivity index (χ2v) is 5.85. The highest BCUT2D eigenvalue weighted by Crippen LogP contribution is 2.42. The highest BCUT2D eigenvalue weighted by atomic mass is 35.5. The summed E-state index contributed by atoms with van der Waals surface area (Å²) in [6.07, 6.45) is 2.65. The standard InChI is InChI=1S/C15H17ClO4/c16-11-6-2-1-5-10(11)9-12-13(14(17)18)20-15(19-12)7-3-4-8-15/h1-2,5-6,12-13H,3-4,7-9H2,(H,17,18)/t12-,13+/m0/s1. The number of hydrogen-bond acceptors (Lipinski definition) is 3. The highest BCUT2D eigenvalue weighted by Gasteiger charge is 2.51. The summed E-state index contributed by atoms with van der Waals surface area (Å²) in [6.45, 7) is 0. The number of hydrogen-bond donors (Lipinski definition) is 1. The molecule has 108 valence electrons. The van der Waals surface area contributed by atoms with E-state index in [9.17, 15) is 9.90 Å². The topological polar surface area (TPSA) is 55.8 Å². The van der Waals surface area contributed by atoms with Crippen molar-refractivity contribution in [2.24, 2.45) is 0 Å². The van der Waals surface area contributed by atoms with Gasteiger partial charge in [0.2, 0.25) is 0 Å². The molecular formula is C15H17ClO4. The van der Waals surface area contributed by atoms with E-state index in [0.29, 0.717) is 11.4 Å². The van der Waals surface area contributed by atoms with Crippen LogP contribution in [-0.2, 0) is 20.7 Å². The zero-order valence-corrected chi connectivity index (χ0v) is 11.8. The SMILES string of the molecule is O=C(O)[C@@H]1OC2(CCCC2)O[C@H]1Cc1ccccc1Cl. The van der Waals surface area contributed by atoms with E-state index < -0.39 is 24.0 Å². The summed E-state index contributed by atoms with van der Waals surface area (Å²) < 4.78 is 11.7. The molecule has 20 heavy (non-hydrogen) atoms. The molecular weight excluding hydrogens is 280 g/mol. The fourth-order valence-corrected chi connectivity index (χ4v) is 3.27. The van der Waals surface area contributed by atoms with Crippen molar-refractivity contribution in [1.29, 1.82) is 0 Å². The number of rotatable bonds is 3. The molecule has 3 rings (SSSR count). The summed E-state index contributed by atoms with van der Waals surface area (Å²) in [6, 6.07) is 7.43. The van der Waals surface area contributed by atoms with Gasteiger partial charge in [-0.1, -0.05) is 29.8 Å². The zero-order chi connectivity index (χ0) is 14.2. The van der Waals surface area contributed by atoms with Crippen LogP contribution in [-0.4, -0.2) is 29.1 Å². The minimum atomic E-state index is -0.967. The molecule has 5 heteroatoms. The maximum atomic E-state index is 11.4. The van der Waals surface area contributed by atoms with Crippen molar-refractivity contribution in [3.05, 3.63) is 34.9 Å². The van der Waals surface area contributed by atoms with Gasteiger partial charge in [-0.2, -0.15) is 0 Å². The van der Waals surface area contributed by atoms with Crippen molar-refractivity contribution < 1.29 is 19.4 Å². The molecule has 1 N–H and O–H groups in total. The summed E-state index contributed by atoms with van der Waals surface area (Å²) in [4.78, 5) is 11.4. The van der Waals surface area contributed by atoms with Crippen LogP contribution in [0.1, 0.15) is 31.2 Å². The van der Waals surface area contributed by atoms with Gasteiger partial charge in [0.15, 0.2) is 11.9 Å². The van der Waals surface area contributed by atoms with Gasteiger partial charge in [0, 0.05) is 24.3 Å². The van der Waals surface area contributed by atoms with E-state index in [1.54, 1.807) is 6.07 Å². The molecule has 2 aliphatic rings. The van der Waals surface area contributed by atoms with Crippen LogP contribution in [0.25, 0.3) is 0 Å². The lowest BCUT2D eigenvalue weighted by Crippen LogP contribution is -2.32. The number of benzene rings is 1. The zero-order valence-electron chi connectivity index (χ0n) is 11.0. The Kier molecular flexibility index (Phi) is 3.71. The first-order valence-electron chi connectivity index (χ1n) is 6.91. The fourth-order valence-electron chi connectivity index (χ4n) is 3.06. The number of ether oxygens (including phenoxy) is 2. The van der Waals surface area contributed by atoms with Crippen LogP contribution in [0, 0.1) is 0 Å². The van der Waals surface area contributed by atoms with Gasteiger partial charge in [-0.3, -0.25) is 0 Å². The van der Waals surface area contributed by atoms with Crippen LogP contribution in [0.4, 0.5) is 0 Å². The Hall–Kier alpha value is -1.10. The van der Waals surface area contributed by atoms with Crippen molar-refractivity contribution in [3.63, 3.8) is 0 Å². The lowest BCUT2D eigenvalue weighted by Gasteiger charge is -2.21. The van der Waals surface area contributed by atoms with Crippen molar-refractivity contribution in [1.82, 2.24) is 0 Å². The Morgan fingerprint density at radius 1 is 1.30 bits per heavy atom. The minimum absolute atomic E-state index is 0.457. The Morgan fingerprint density at radius 3 is 2.65 bits per heavy atom. The quantitative estimate of drug-likeness (QED) is 0.931. The van der Waals surface area contributed by atoms with Crippen LogP contribution in [0.2, 0.25) is 5.02 Å². The molecule has 1 aromatic carbocycles. The molecule has 0 bridgehead atoms. The van der Waals surface area contributed by atoms with Crippen LogP contribution < -0.4 is 0 Å². The van der Waals surface area contributed by atoms with Gasteiger partial charge in [0.1, 0.15) is 6.10 Å². The van der Waals surface area contributed by atoms with Crippen LogP contribution in [0.15, 0.2) is 24.3 Å². The Morgan fingerprint density at radius 2 is 2.00 bits per heavy atom. The molecule has 0 aromatic heterocycles. The molecule has 0 unspecified atom stereocenters. The second kappa shape index (κ2) is 5.35. The number of carboxylic acids is 1. The molecule has 0 amide bonds. The van der Waals surface area contributed by atoms with Crippen molar-refractivity contribution in [2.75, 3.05) is 0 Å². The molecule has 1 spiro atoms. The summed E-state index contributed by atoms with van der Waals surface area (Å²) in [7, 11) is 0. The normalized spacial score (nSPS) is 28.1. The third kappa shape index (κ3) is 2.55. The second-order valence-electron chi connectivity index (χ2n) is 5.45. The summed E-state index contributed by atoms with van der Waals surface area (Å²) in [5.74, 6) is -1.65. The van der Waals surface area contributed by atoms with Gasteiger partial charge < -0.3 is 14.6 Å². The van der Waals surface area contributed by atoms with E-state index in [0.717, 1.165) is 31.2 Å². The first-order valence-corrected chi connectivity index (χ1v) is 7.29. The van der Waals surface area contributed by atoms with E-state index >= 15 is 0 Å². The van der Waals surface area contributed by atoms with Crippen LogP contribution in [0.5, 0.6) is 0 Å². The number of aliphatic carboxylic acids is 1. The Labute approximate surface area is 122 Å². The van der Waals surface area contributed by atoms with E-state index in [1.165, 1.54) is 0 Å². The number of halogens is 1. The molecule has 1 aliphatic heterocycles.